The van der Waals surface area contributed by atoms with Gasteiger partial charge in [0, 0.05) is 17.9 Å². The Morgan fingerprint density at radius 1 is 1.23 bits per heavy atom. The average molecular weight is 297 g/mol. The highest BCUT2D eigenvalue weighted by Gasteiger charge is 2.21. The smallest absolute Gasteiger partial charge is 0.118 e. The predicted octanol–water partition coefficient (Wildman–Crippen LogP) is 5.37. The molecule has 0 aliphatic carbocycles. The maximum absolute atomic E-state index is 8.69. The van der Waals surface area contributed by atoms with E-state index in [2.05, 4.69) is 32.0 Å². The molecule has 1 aromatic heterocycles. The average Bonchev–Trinajstić information content (AvgIpc) is 2.83. The fourth-order valence-electron chi connectivity index (χ4n) is 2.74. The molecule has 116 valence electrons. The molecule has 0 saturated heterocycles. The van der Waals surface area contributed by atoms with E-state index in [0.717, 1.165) is 35.7 Å². The van der Waals surface area contributed by atoms with Crippen LogP contribution in [0.25, 0.3) is 11.1 Å². The molecule has 1 aromatic carbocycles. The van der Waals surface area contributed by atoms with Gasteiger partial charge in [0.2, 0.25) is 0 Å². The van der Waals surface area contributed by atoms with Gasteiger partial charge >= 0.3 is 0 Å². The Labute approximate surface area is 132 Å². The molecule has 0 fully saturated rings. The fourth-order valence-corrected chi connectivity index (χ4v) is 2.74. The topological polar surface area (TPSA) is 46.2 Å². The van der Waals surface area contributed by atoms with Gasteiger partial charge in [-0.15, -0.1) is 0 Å². The summed E-state index contributed by atoms with van der Waals surface area (Å²) in [5.74, 6) is 3.15. The first kappa shape index (κ1) is 16.2. The summed E-state index contributed by atoms with van der Waals surface area (Å²) in [5, 5.41) is 8.69. The Hall–Kier alpha value is -2.21. The lowest BCUT2D eigenvalue weighted by atomic mass is 9.93. The molecule has 2 aromatic rings. The molecule has 0 N–H and O–H groups in total. The lowest BCUT2D eigenvalue weighted by Gasteiger charge is -2.11. The van der Waals surface area contributed by atoms with Crippen LogP contribution in [0.4, 0.5) is 0 Å². The van der Waals surface area contributed by atoms with Crippen LogP contribution in [0.2, 0.25) is 0 Å². The molecule has 3 nitrogen and oxygen atoms in total. The molecule has 0 spiro atoms. The summed E-state index contributed by atoms with van der Waals surface area (Å²) in [5.41, 5.74) is 3.52. The fraction of sp³-hybridized carbons (Fsp3) is 0.421. The summed E-state index contributed by atoms with van der Waals surface area (Å²) in [6.07, 6.45) is 2.46. The number of rotatable bonds is 6. The molecule has 0 radical (unpaired) electrons. The first-order valence-electron chi connectivity index (χ1n) is 7.69. The highest BCUT2D eigenvalue weighted by Crippen LogP contribution is 2.38. The summed E-state index contributed by atoms with van der Waals surface area (Å²) >= 11 is 0. The van der Waals surface area contributed by atoms with Gasteiger partial charge in [-0.1, -0.05) is 19.1 Å². The zero-order valence-electron chi connectivity index (χ0n) is 13.8. The van der Waals surface area contributed by atoms with Crippen LogP contribution in [0.5, 0.6) is 5.75 Å². The van der Waals surface area contributed by atoms with E-state index < -0.39 is 0 Å². The summed E-state index contributed by atoms with van der Waals surface area (Å²) in [6, 6.07) is 10.3. The van der Waals surface area contributed by atoms with Crippen molar-refractivity contribution in [3.8, 4) is 22.9 Å². The molecule has 1 unspecified atom stereocenters. The number of aryl methyl sites for hydroxylation is 1. The van der Waals surface area contributed by atoms with Crippen molar-refractivity contribution in [2.24, 2.45) is 0 Å². The third kappa shape index (κ3) is 3.33. The minimum Gasteiger partial charge on any atom is -0.497 e. The minimum atomic E-state index is 0.304. The molecular weight excluding hydrogens is 274 g/mol. The van der Waals surface area contributed by atoms with E-state index in [1.54, 1.807) is 7.11 Å². The second-order valence-electron chi connectivity index (χ2n) is 5.70. The number of furan rings is 1. The van der Waals surface area contributed by atoms with Gasteiger partial charge in [-0.3, -0.25) is 0 Å². The number of unbranched alkanes of at least 4 members (excludes halogenated alkanes) is 1. The Morgan fingerprint density at radius 3 is 2.50 bits per heavy atom. The SMILES string of the molecule is COc1ccc(-c2c(C(C)CCCC#N)oc(C)c2C)cc1. The predicted molar refractivity (Wildman–Crippen MR) is 88.0 cm³/mol. The summed E-state index contributed by atoms with van der Waals surface area (Å²) in [7, 11) is 1.67. The van der Waals surface area contributed by atoms with Gasteiger partial charge in [0.15, 0.2) is 0 Å². The number of nitrogens with zero attached hydrogens (tertiary/aromatic N) is 1. The summed E-state index contributed by atoms with van der Waals surface area (Å²) in [6.45, 7) is 6.28. The Balaban J connectivity index is 2.35. The lowest BCUT2D eigenvalue weighted by Crippen LogP contribution is -1.95. The normalized spacial score (nSPS) is 12.0. The first-order chi connectivity index (χ1) is 10.6. The van der Waals surface area contributed by atoms with E-state index in [-0.39, 0.29) is 0 Å². The number of ether oxygens (including phenoxy) is 1. The van der Waals surface area contributed by atoms with Crippen LogP contribution in [0, 0.1) is 25.2 Å². The van der Waals surface area contributed by atoms with Crippen LogP contribution in [-0.2, 0) is 0 Å². The Kier molecular flexibility index (Phi) is 5.27. The minimum absolute atomic E-state index is 0.304. The van der Waals surface area contributed by atoms with Crippen LogP contribution in [0.15, 0.2) is 28.7 Å². The molecule has 1 heterocycles. The molecule has 2 rings (SSSR count). The summed E-state index contributed by atoms with van der Waals surface area (Å²) in [4.78, 5) is 0. The molecule has 3 heteroatoms. The summed E-state index contributed by atoms with van der Waals surface area (Å²) < 4.78 is 11.3. The second-order valence-corrected chi connectivity index (χ2v) is 5.70. The number of benzene rings is 1. The first-order valence-corrected chi connectivity index (χ1v) is 7.69. The van der Waals surface area contributed by atoms with E-state index in [1.807, 2.05) is 19.1 Å². The molecule has 0 aliphatic rings. The third-order valence-corrected chi connectivity index (χ3v) is 4.16. The Morgan fingerprint density at radius 2 is 1.91 bits per heavy atom. The van der Waals surface area contributed by atoms with Crippen LogP contribution >= 0.6 is 0 Å². The second kappa shape index (κ2) is 7.17. The maximum atomic E-state index is 8.69. The standard InChI is InChI=1S/C19H23NO2/c1-13(7-5-6-12-20)19-18(14(2)15(3)22-19)16-8-10-17(21-4)11-9-16/h8-11,13H,5-7H2,1-4H3. The molecule has 0 amide bonds. The van der Waals surface area contributed by atoms with Crippen molar-refractivity contribution in [1.82, 2.24) is 0 Å². The molecular formula is C19H23NO2. The maximum Gasteiger partial charge on any atom is 0.118 e. The van der Waals surface area contributed by atoms with E-state index in [4.69, 9.17) is 14.4 Å². The zero-order chi connectivity index (χ0) is 16.1. The zero-order valence-corrected chi connectivity index (χ0v) is 13.8. The van der Waals surface area contributed by atoms with Crippen LogP contribution < -0.4 is 4.74 Å². The van der Waals surface area contributed by atoms with Gasteiger partial charge in [-0.05, 0) is 49.9 Å². The Bertz CT molecular complexity index is 662. The van der Waals surface area contributed by atoms with Crippen molar-refractivity contribution in [2.75, 3.05) is 7.11 Å². The van der Waals surface area contributed by atoms with Crippen molar-refractivity contribution in [3.63, 3.8) is 0 Å². The van der Waals surface area contributed by atoms with Crippen LogP contribution in [-0.4, -0.2) is 7.11 Å². The molecule has 0 aliphatic heterocycles. The molecule has 0 saturated carbocycles. The monoisotopic (exact) mass is 297 g/mol. The van der Waals surface area contributed by atoms with E-state index in [1.165, 1.54) is 11.1 Å². The number of methoxy groups -OCH3 is 1. The number of nitriles is 1. The number of hydrogen-bond acceptors (Lipinski definition) is 3. The largest absolute Gasteiger partial charge is 0.497 e. The van der Waals surface area contributed by atoms with Crippen LogP contribution in [0.3, 0.4) is 0 Å². The molecule has 1 atom stereocenters. The highest BCUT2D eigenvalue weighted by atomic mass is 16.5. The lowest BCUT2D eigenvalue weighted by molar-refractivity contribution is 0.415. The van der Waals surface area contributed by atoms with Crippen molar-refractivity contribution < 1.29 is 9.15 Å². The van der Waals surface area contributed by atoms with Crippen molar-refractivity contribution in [2.45, 2.75) is 46.0 Å². The van der Waals surface area contributed by atoms with E-state index in [9.17, 15) is 0 Å². The third-order valence-electron chi connectivity index (χ3n) is 4.16. The molecule has 0 bridgehead atoms. The van der Waals surface area contributed by atoms with Gasteiger partial charge in [0.1, 0.15) is 17.3 Å². The van der Waals surface area contributed by atoms with Gasteiger partial charge in [-0.25, -0.2) is 0 Å². The van der Waals surface area contributed by atoms with Gasteiger partial charge in [0.05, 0.1) is 13.2 Å². The van der Waals surface area contributed by atoms with Gasteiger partial charge < -0.3 is 9.15 Å². The van der Waals surface area contributed by atoms with E-state index in [0.29, 0.717) is 12.3 Å². The highest BCUT2D eigenvalue weighted by molar-refractivity contribution is 5.71. The van der Waals surface area contributed by atoms with Gasteiger partial charge in [0.25, 0.3) is 0 Å². The van der Waals surface area contributed by atoms with Crippen molar-refractivity contribution in [1.29, 1.82) is 5.26 Å². The van der Waals surface area contributed by atoms with Gasteiger partial charge in [-0.2, -0.15) is 5.26 Å². The van der Waals surface area contributed by atoms with Crippen molar-refractivity contribution in [3.05, 3.63) is 41.3 Å². The number of hydrogen-bond donors (Lipinski definition) is 0. The molecule has 22 heavy (non-hydrogen) atoms. The quantitative estimate of drug-likeness (QED) is 0.673. The van der Waals surface area contributed by atoms with E-state index >= 15 is 0 Å². The van der Waals surface area contributed by atoms with Crippen molar-refractivity contribution >= 4 is 0 Å². The van der Waals surface area contributed by atoms with Crippen LogP contribution in [0.1, 0.15) is 49.2 Å².